The van der Waals surface area contributed by atoms with Gasteiger partial charge in [0.1, 0.15) is 63.2 Å². The molecule has 0 spiro atoms. The predicted molar refractivity (Wildman–Crippen MR) is 509 cm³/mol. The lowest BCUT2D eigenvalue weighted by atomic mass is 9.43. The van der Waals surface area contributed by atoms with E-state index in [1.165, 1.54) is 17.5 Å². The van der Waals surface area contributed by atoms with Crippen LogP contribution in [0.4, 0.5) is 0 Å². The van der Waals surface area contributed by atoms with Gasteiger partial charge in [0.25, 0.3) is 0 Å². The molecule has 0 aliphatic rings. The first-order valence-electron chi connectivity index (χ1n) is 47.7. The highest BCUT2D eigenvalue weighted by Gasteiger charge is 2.69. The largest absolute Gasteiger partial charge is 0.487 e. The van der Waals surface area contributed by atoms with Crippen molar-refractivity contribution in [3.05, 3.63) is 301 Å². The summed E-state index contributed by atoms with van der Waals surface area (Å²) in [6, 6.07) is 98.8. The Morgan fingerprint density at radius 1 is 0.264 bits per heavy atom. The summed E-state index contributed by atoms with van der Waals surface area (Å²) < 4.78 is 60.6. The summed E-state index contributed by atoms with van der Waals surface area (Å²) in [5.74, 6) is 6.50. The van der Waals surface area contributed by atoms with E-state index in [2.05, 4.69) is 356 Å². The van der Waals surface area contributed by atoms with E-state index in [1.54, 1.807) is 0 Å². The van der Waals surface area contributed by atoms with Crippen molar-refractivity contribution in [2.24, 2.45) is 10.8 Å². The molecule has 648 valence electrons. The SMILES string of the molecule is CCCCCCCC(Oc1ccccc1)(c1c(C(CC(CCCCC)(CCCCC)Oc2ccccc2)Oc2ccccc2)c(Oc2ccccc2)c(Oc2ccccc2)c(Oc2ccccc2)c1C(C)(C)C(C)(Oc1ccccc1)C(CC)(CC)CC)C(CCCCCC)(CCCCCC)C(CCCCCCC)(c1ccccc1)c1ccccc1. The summed E-state index contributed by atoms with van der Waals surface area (Å²) in [6.07, 6.45) is 31.3. The molecule has 0 radical (unpaired) electrons. The lowest BCUT2D eigenvalue weighted by Crippen LogP contribution is -2.65. The highest BCUT2D eigenvalue weighted by Crippen LogP contribution is 2.72. The molecule has 0 amide bonds. The minimum absolute atomic E-state index is 0.393. The van der Waals surface area contributed by atoms with Crippen molar-refractivity contribution in [3.63, 3.8) is 0 Å². The number of ether oxygens (including phenoxy) is 7. The fourth-order valence-electron chi connectivity index (χ4n) is 20.7. The molecule has 10 aromatic rings. The molecule has 0 bridgehead atoms. The Labute approximate surface area is 732 Å². The van der Waals surface area contributed by atoms with Gasteiger partial charge in [-0.25, -0.2) is 0 Å². The van der Waals surface area contributed by atoms with Gasteiger partial charge in [-0.2, -0.15) is 0 Å². The van der Waals surface area contributed by atoms with Crippen LogP contribution in [-0.2, 0) is 16.4 Å². The minimum atomic E-state index is -1.45. The van der Waals surface area contributed by atoms with Gasteiger partial charge in [0.2, 0.25) is 5.75 Å². The smallest absolute Gasteiger partial charge is 0.213 e. The Morgan fingerprint density at radius 2 is 0.570 bits per heavy atom. The normalized spacial score (nSPS) is 13.4. The van der Waals surface area contributed by atoms with Crippen LogP contribution >= 0.6 is 0 Å². The third-order valence-electron chi connectivity index (χ3n) is 27.4. The monoisotopic (exact) mass is 1630 g/mol. The summed E-state index contributed by atoms with van der Waals surface area (Å²) in [6.45, 7) is 28.9. The highest BCUT2D eigenvalue weighted by molar-refractivity contribution is 5.72. The molecule has 10 rings (SSSR count). The Hall–Kier alpha value is -9.20. The van der Waals surface area contributed by atoms with Crippen LogP contribution < -0.4 is 33.2 Å². The first-order valence-corrected chi connectivity index (χ1v) is 47.7. The number of unbranched alkanes of at least 4 members (excludes halogenated alkanes) is 18. The topological polar surface area (TPSA) is 64.6 Å². The van der Waals surface area contributed by atoms with Crippen molar-refractivity contribution in [3.8, 4) is 57.5 Å². The summed E-state index contributed by atoms with van der Waals surface area (Å²) in [4.78, 5) is 0. The number of rotatable bonds is 58. The number of hydrogen-bond acceptors (Lipinski definition) is 7. The lowest BCUT2D eigenvalue weighted by Gasteiger charge is -2.63. The molecule has 3 unspecified atom stereocenters. The van der Waals surface area contributed by atoms with Crippen molar-refractivity contribution in [2.75, 3.05) is 0 Å². The summed E-state index contributed by atoms with van der Waals surface area (Å²) in [5.41, 5.74) is -1.46. The van der Waals surface area contributed by atoms with Crippen molar-refractivity contribution in [1.82, 2.24) is 0 Å². The van der Waals surface area contributed by atoms with Gasteiger partial charge in [0.15, 0.2) is 11.5 Å². The van der Waals surface area contributed by atoms with Gasteiger partial charge in [-0.1, -0.05) is 399 Å². The molecule has 0 N–H and O–H groups in total. The second-order valence-electron chi connectivity index (χ2n) is 35.4. The van der Waals surface area contributed by atoms with Gasteiger partial charge < -0.3 is 33.2 Å². The molecule has 7 nitrogen and oxygen atoms in total. The van der Waals surface area contributed by atoms with Crippen LogP contribution in [-0.4, -0.2) is 11.2 Å². The zero-order chi connectivity index (χ0) is 85.5. The average molecular weight is 1630 g/mol. The second-order valence-corrected chi connectivity index (χ2v) is 35.4. The van der Waals surface area contributed by atoms with Gasteiger partial charge in [-0.3, -0.25) is 0 Å². The van der Waals surface area contributed by atoms with Crippen LogP contribution in [0, 0.1) is 10.8 Å². The van der Waals surface area contributed by atoms with Crippen molar-refractivity contribution in [2.45, 2.75) is 335 Å². The van der Waals surface area contributed by atoms with Crippen LogP contribution in [0.2, 0.25) is 0 Å². The third-order valence-corrected chi connectivity index (χ3v) is 27.4. The Kier molecular flexibility index (Phi) is 37.3. The van der Waals surface area contributed by atoms with Gasteiger partial charge >= 0.3 is 0 Å². The molecule has 121 heavy (non-hydrogen) atoms. The molecular formula is C114H150O7. The van der Waals surface area contributed by atoms with E-state index in [0.717, 1.165) is 239 Å². The predicted octanol–water partition coefficient (Wildman–Crippen LogP) is 34.8. The van der Waals surface area contributed by atoms with Crippen LogP contribution in [0.3, 0.4) is 0 Å². The van der Waals surface area contributed by atoms with Crippen LogP contribution in [0.15, 0.2) is 273 Å². The molecule has 0 heterocycles. The molecule has 10 aromatic carbocycles. The molecule has 0 aliphatic carbocycles. The maximum absolute atomic E-state index is 9.71. The van der Waals surface area contributed by atoms with Gasteiger partial charge in [0.05, 0.1) is 0 Å². The fourth-order valence-corrected chi connectivity index (χ4v) is 20.7. The molecule has 3 atom stereocenters. The van der Waals surface area contributed by atoms with E-state index in [-0.39, 0.29) is 0 Å². The first-order chi connectivity index (χ1) is 59.2. The number of benzene rings is 10. The van der Waals surface area contributed by atoms with Gasteiger partial charge in [-0.05, 0) is 180 Å². The maximum atomic E-state index is 9.71. The molecule has 0 saturated carbocycles. The Balaban J connectivity index is 1.69. The van der Waals surface area contributed by atoms with E-state index < -0.39 is 44.6 Å². The lowest BCUT2D eigenvalue weighted by molar-refractivity contribution is -0.136. The standard InChI is InChI=1S/C114H150O7/c1-13-22-28-32-65-89-113(92-67-43-34-44-68-92,93-69-45-35-46-70-93)112(87-63-30-24-15-3,88-64-31-25-16-4)114(90-66-33-29-23-14-2,121-100-83-59-42-60-84-100)103-102(101(115-94-71-47-36-48-72-94)91-111(85-61-26-17-5,86-62-27-18-6)120-99-81-57-41-58-82-99)105(116-95-73-49-37-50-74-95)107(118-97-77-53-39-54-78-97)106(117-96-75-51-38-52-76-96)104(103)108(10,11)109(12,110(19-7,20-8)21-9)119-98-79-55-40-56-80-98/h34-60,67-84,101H,13-33,61-66,85-91H2,1-12H3. The zero-order valence-electron chi connectivity index (χ0n) is 76.5. The van der Waals surface area contributed by atoms with Crippen LogP contribution in [0.25, 0.3) is 0 Å². The van der Waals surface area contributed by atoms with Crippen molar-refractivity contribution in [1.29, 1.82) is 0 Å². The van der Waals surface area contributed by atoms with Crippen LogP contribution in [0.5, 0.6) is 57.5 Å². The molecule has 0 saturated heterocycles. The van der Waals surface area contributed by atoms with E-state index in [4.69, 9.17) is 28.4 Å². The summed E-state index contributed by atoms with van der Waals surface area (Å²) >= 11 is 0. The number of para-hydroxylation sites is 7. The van der Waals surface area contributed by atoms with E-state index in [9.17, 15) is 4.74 Å². The first kappa shape index (κ1) is 94.1. The molecule has 0 aliphatic heterocycles. The average Bonchev–Trinajstić information content (AvgIpc) is 0.667. The highest BCUT2D eigenvalue weighted by atomic mass is 16.6. The molecule has 0 fully saturated rings. The Morgan fingerprint density at radius 3 is 0.967 bits per heavy atom. The molecule has 7 heteroatoms. The third kappa shape index (κ3) is 23.2. The van der Waals surface area contributed by atoms with E-state index in [1.807, 2.05) is 0 Å². The quantitative estimate of drug-likeness (QED) is 0.0352. The summed E-state index contributed by atoms with van der Waals surface area (Å²) in [7, 11) is 0. The second kappa shape index (κ2) is 48.0. The molecular weight excluding hydrogens is 1480 g/mol. The van der Waals surface area contributed by atoms with Gasteiger partial charge in [0, 0.05) is 44.8 Å². The number of hydrogen-bond donors (Lipinski definition) is 0. The Bertz CT molecular complexity index is 4390. The van der Waals surface area contributed by atoms with E-state index >= 15 is 0 Å². The minimum Gasteiger partial charge on any atom is -0.487 e. The molecule has 0 aromatic heterocycles. The summed E-state index contributed by atoms with van der Waals surface area (Å²) in [5, 5.41) is 0. The van der Waals surface area contributed by atoms with E-state index in [0.29, 0.717) is 47.3 Å². The van der Waals surface area contributed by atoms with Gasteiger partial charge in [-0.15, -0.1) is 0 Å². The van der Waals surface area contributed by atoms with Crippen molar-refractivity contribution >= 4 is 0 Å². The zero-order valence-corrected chi connectivity index (χ0v) is 76.5. The van der Waals surface area contributed by atoms with Crippen molar-refractivity contribution < 1.29 is 33.2 Å². The maximum Gasteiger partial charge on any atom is 0.213 e. The van der Waals surface area contributed by atoms with Crippen LogP contribution in [0.1, 0.15) is 335 Å². The fraction of sp³-hybridized carbons (Fsp3) is 0.474.